The molecule has 0 aliphatic heterocycles. The topological polar surface area (TPSA) is 49.3 Å². The molecule has 0 aromatic rings. The first kappa shape index (κ1) is 12.1. The Bertz CT molecular complexity index is 130. The van der Waals surface area contributed by atoms with E-state index in [1.807, 2.05) is 0 Å². The number of nitrogens with one attached hydrogen (secondary N) is 1. The van der Waals surface area contributed by atoms with E-state index in [9.17, 15) is 4.21 Å². The molecule has 0 aliphatic rings. The van der Waals surface area contributed by atoms with Gasteiger partial charge in [0.05, 0.1) is 0 Å². The van der Waals surface area contributed by atoms with E-state index in [0.717, 1.165) is 25.1 Å². The lowest BCUT2D eigenvalue weighted by Gasteiger charge is -2.11. The third kappa shape index (κ3) is 8.17. The van der Waals surface area contributed by atoms with Crippen LogP contribution < -0.4 is 5.32 Å². The first-order chi connectivity index (χ1) is 5.66. The maximum absolute atomic E-state index is 10.7. The van der Waals surface area contributed by atoms with E-state index in [4.69, 9.17) is 5.11 Å². The molecule has 0 rings (SSSR count). The van der Waals surface area contributed by atoms with E-state index in [0.29, 0.717) is 6.04 Å². The Morgan fingerprint density at radius 2 is 2.25 bits per heavy atom. The molecule has 0 aromatic carbocycles. The van der Waals surface area contributed by atoms with Crippen LogP contribution in [0.1, 0.15) is 19.8 Å². The molecule has 0 saturated carbocycles. The summed E-state index contributed by atoms with van der Waals surface area (Å²) >= 11 is 0. The predicted molar refractivity (Wildman–Crippen MR) is 52.7 cm³/mol. The van der Waals surface area contributed by atoms with Gasteiger partial charge in [-0.3, -0.25) is 4.21 Å². The standard InChI is InChI=1S/C8H19NO2S/c1-8(4-7-12(2)11)9-5-3-6-10/h8-10H,3-7H2,1-2H3. The Hall–Kier alpha value is 0.0700. The van der Waals surface area contributed by atoms with E-state index in [1.165, 1.54) is 0 Å². The molecule has 0 spiro atoms. The summed E-state index contributed by atoms with van der Waals surface area (Å²) in [7, 11) is -0.683. The smallest absolute Gasteiger partial charge is 0.0443 e. The fraction of sp³-hybridized carbons (Fsp3) is 1.00. The van der Waals surface area contributed by atoms with Crippen molar-refractivity contribution in [1.82, 2.24) is 5.32 Å². The molecular weight excluding hydrogens is 174 g/mol. The highest BCUT2D eigenvalue weighted by Gasteiger charge is 2.01. The number of aliphatic hydroxyl groups is 1. The average Bonchev–Trinajstić information content (AvgIpc) is 2.01. The van der Waals surface area contributed by atoms with Gasteiger partial charge in [0.15, 0.2) is 0 Å². The largest absolute Gasteiger partial charge is 0.396 e. The Labute approximate surface area is 77.0 Å². The predicted octanol–water partition coefficient (Wildman–Crippen LogP) is 0.116. The minimum atomic E-state index is -0.683. The lowest BCUT2D eigenvalue weighted by atomic mass is 10.2. The second kappa shape index (κ2) is 7.71. The molecular formula is C8H19NO2S. The molecule has 0 radical (unpaired) electrons. The van der Waals surface area contributed by atoms with Crippen LogP contribution in [0.25, 0.3) is 0 Å². The Balaban J connectivity index is 3.21. The van der Waals surface area contributed by atoms with Gasteiger partial charge in [-0.05, 0) is 26.3 Å². The maximum atomic E-state index is 10.7. The van der Waals surface area contributed by atoms with Crippen molar-refractivity contribution in [2.24, 2.45) is 0 Å². The van der Waals surface area contributed by atoms with Gasteiger partial charge in [0.1, 0.15) is 0 Å². The number of rotatable bonds is 7. The lowest BCUT2D eigenvalue weighted by Crippen LogP contribution is -2.28. The van der Waals surface area contributed by atoms with Crippen molar-refractivity contribution in [3.63, 3.8) is 0 Å². The van der Waals surface area contributed by atoms with Crippen LogP contribution >= 0.6 is 0 Å². The van der Waals surface area contributed by atoms with Crippen LogP contribution in [-0.4, -0.2) is 40.5 Å². The number of hydrogen-bond donors (Lipinski definition) is 2. The fourth-order valence-corrected chi connectivity index (χ4v) is 1.56. The van der Waals surface area contributed by atoms with Crippen molar-refractivity contribution >= 4 is 10.8 Å². The fourth-order valence-electron chi connectivity index (χ4n) is 0.872. The van der Waals surface area contributed by atoms with Crippen molar-refractivity contribution in [3.8, 4) is 0 Å². The molecule has 3 nitrogen and oxygen atoms in total. The molecule has 0 bridgehead atoms. The average molecular weight is 193 g/mol. The summed E-state index contributed by atoms with van der Waals surface area (Å²) < 4.78 is 10.7. The second-order valence-electron chi connectivity index (χ2n) is 3.00. The quantitative estimate of drug-likeness (QED) is 0.564. The lowest BCUT2D eigenvalue weighted by molar-refractivity contribution is 0.283. The van der Waals surface area contributed by atoms with Crippen LogP contribution in [0.15, 0.2) is 0 Å². The van der Waals surface area contributed by atoms with Gasteiger partial charge in [-0.2, -0.15) is 0 Å². The monoisotopic (exact) mass is 193 g/mol. The van der Waals surface area contributed by atoms with E-state index in [-0.39, 0.29) is 6.61 Å². The summed E-state index contributed by atoms with van der Waals surface area (Å²) in [6.07, 6.45) is 3.45. The summed E-state index contributed by atoms with van der Waals surface area (Å²) in [6.45, 7) is 3.15. The van der Waals surface area contributed by atoms with E-state index >= 15 is 0 Å². The highest BCUT2D eigenvalue weighted by molar-refractivity contribution is 7.84. The Kier molecular flexibility index (Phi) is 7.75. The zero-order valence-electron chi connectivity index (χ0n) is 7.88. The normalized spacial score (nSPS) is 15.9. The van der Waals surface area contributed by atoms with Gasteiger partial charge in [0, 0.05) is 35.5 Å². The van der Waals surface area contributed by atoms with Crippen LogP contribution in [0.2, 0.25) is 0 Å². The molecule has 0 heterocycles. The highest BCUT2D eigenvalue weighted by atomic mass is 32.2. The van der Waals surface area contributed by atoms with Crippen LogP contribution in [-0.2, 0) is 10.8 Å². The van der Waals surface area contributed by atoms with Crippen LogP contribution in [0, 0.1) is 0 Å². The SMILES string of the molecule is CC(CCS(C)=O)NCCCO. The summed E-state index contributed by atoms with van der Waals surface area (Å²) in [4.78, 5) is 0. The van der Waals surface area contributed by atoms with Crippen LogP contribution in [0.3, 0.4) is 0 Å². The summed E-state index contributed by atoms with van der Waals surface area (Å²) in [5.41, 5.74) is 0. The molecule has 74 valence electrons. The van der Waals surface area contributed by atoms with Gasteiger partial charge in [-0.1, -0.05) is 0 Å². The molecule has 0 aliphatic carbocycles. The van der Waals surface area contributed by atoms with Gasteiger partial charge < -0.3 is 10.4 Å². The molecule has 0 amide bonds. The molecule has 0 aromatic heterocycles. The van der Waals surface area contributed by atoms with Crippen LogP contribution in [0.4, 0.5) is 0 Å². The third-order valence-electron chi connectivity index (χ3n) is 1.67. The zero-order valence-corrected chi connectivity index (χ0v) is 8.69. The molecule has 2 atom stereocenters. The molecule has 0 saturated heterocycles. The Morgan fingerprint density at radius 3 is 2.75 bits per heavy atom. The molecule has 2 N–H and O–H groups in total. The summed E-state index contributed by atoms with van der Waals surface area (Å²) in [5.74, 6) is 0.757. The second-order valence-corrected chi connectivity index (χ2v) is 4.55. The van der Waals surface area contributed by atoms with Crippen LogP contribution in [0.5, 0.6) is 0 Å². The number of hydrogen-bond acceptors (Lipinski definition) is 3. The minimum absolute atomic E-state index is 0.236. The van der Waals surface area contributed by atoms with Gasteiger partial charge in [-0.25, -0.2) is 0 Å². The summed E-state index contributed by atoms with van der Waals surface area (Å²) in [6, 6.07) is 0.403. The Morgan fingerprint density at radius 1 is 1.58 bits per heavy atom. The first-order valence-electron chi connectivity index (χ1n) is 4.31. The first-order valence-corrected chi connectivity index (χ1v) is 6.03. The van der Waals surface area contributed by atoms with Gasteiger partial charge in [0.2, 0.25) is 0 Å². The number of aliphatic hydroxyl groups excluding tert-OH is 1. The molecule has 12 heavy (non-hydrogen) atoms. The zero-order chi connectivity index (χ0) is 9.40. The minimum Gasteiger partial charge on any atom is -0.396 e. The van der Waals surface area contributed by atoms with E-state index < -0.39 is 10.8 Å². The van der Waals surface area contributed by atoms with Crippen molar-refractivity contribution in [2.75, 3.05) is 25.2 Å². The van der Waals surface area contributed by atoms with Gasteiger partial charge >= 0.3 is 0 Å². The summed E-state index contributed by atoms with van der Waals surface area (Å²) in [5, 5.41) is 11.8. The van der Waals surface area contributed by atoms with Crippen molar-refractivity contribution < 1.29 is 9.32 Å². The highest BCUT2D eigenvalue weighted by Crippen LogP contribution is 1.92. The van der Waals surface area contributed by atoms with Crippen molar-refractivity contribution in [2.45, 2.75) is 25.8 Å². The van der Waals surface area contributed by atoms with Crippen molar-refractivity contribution in [3.05, 3.63) is 0 Å². The molecule has 2 unspecified atom stereocenters. The molecule has 4 heteroatoms. The third-order valence-corrected chi connectivity index (χ3v) is 2.48. The van der Waals surface area contributed by atoms with E-state index in [2.05, 4.69) is 12.2 Å². The van der Waals surface area contributed by atoms with E-state index in [1.54, 1.807) is 6.26 Å². The van der Waals surface area contributed by atoms with Crippen molar-refractivity contribution in [1.29, 1.82) is 0 Å². The van der Waals surface area contributed by atoms with Gasteiger partial charge in [0.25, 0.3) is 0 Å². The van der Waals surface area contributed by atoms with Gasteiger partial charge in [-0.15, -0.1) is 0 Å². The maximum Gasteiger partial charge on any atom is 0.0443 e. The molecule has 0 fully saturated rings.